The quantitative estimate of drug-likeness (QED) is 0.711. The van der Waals surface area contributed by atoms with E-state index in [0.717, 1.165) is 5.56 Å². The first-order valence-electron chi connectivity index (χ1n) is 9.79. The minimum atomic E-state index is -0.520. The van der Waals surface area contributed by atoms with Crippen LogP contribution in [0.1, 0.15) is 10.5 Å². The maximum Gasteiger partial charge on any atom is 0.312 e. The van der Waals surface area contributed by atoms with Gasteiger partial charge in [-0.05, 0) is 18.2 Å². The lowest BCUT2D eigenvalue weighted by atomic mass is 10.1. The molecule has 4 rings (SSSR count). The van der Waals surface area contributed by atoms with Gasteiger partial charge in [-0.25, -0.2) is 0 Å². The first kappa shape index (κ1) is 20.4. The minimum absolute atomic E-state index is 0.192. The lowest BCUT2D eigenvalue weighted by Crippen LogP contribution is -2.55. The number of halogens is 1. The molecule has 2 aromatic rings. The van der Waals surface area contributed by atoms with Crippen LogP contribution in [0.4, 0.5) is 0 Å². The summed E-state index contributed by atoms with van der Waals surface area (Å²) in [6, 6.07) is 8.93. The Bertz CT molecular complexity index is 948. The number of nitrogens with one attached hydrogen (secondary N) is 1. The Morgan fingerprint density at radius 2 is 1.53 bits per heavy atom. The van der Waals surface area contributed by atoms with Crippen LogP contribution in [-0.2, 0) is 14.3 Å². The Morgan fingerprint density at radius 3 is 2.20 bits per heavy atom. The fraction of sp³-hybridized carbons (Fsp3) is 0.400. The molecule has 0 unspecified atom stereocenters. The Hall–Kier alpha value is -2.91. The molecule has 0 saturated carbocycles. The number of benzene rings is 1. The van der Waals surface area contributed by atoms with Crippen molar-refractivity contribution in [2.45, 2.75) is 0 Å². The van der Waals surface area contributed by atoms with Gasteiger partial charge in [-0.1, -0.05) is 23.7 Å². The van der Waals surface area contributed by atoms with Crippen LogP contribution in [0.25, 0.3) is 11.3 Å². The molecular formula is C20H22ClN5O4. The lowest BCUT2D eigenvalue weighted by molar-refractivity contribution is -0.154. The van der Waals surface area contributed by atoms with Crippen molar-refractivity contribution in [2.75, 3.05) is 52.5 Å². The van der Waals surface area contributed by atoms with Crippen molar-refractivity contribution in [3.8, 4) is 11.3 Å². The number of aromatic amines is 1. The Kier molecular flexibility index (Phi) is 6.01. The van der Waals surface area contributed by atoms with Gasteiger partial charge in [0.25, 0.3) is 5.91 Å². The van der Waals surface area contributed by atoms with Gasteiger partial charge in [0.1, 0.15) is 5.69 Å². The molecule has 2 aliphatic rings. The maximum atomic E-state index is 12.8. The number of carbonyl (C=O) groups is 3. The zero-order valence-electron chi connectivity index (χ0n) is 16.3. The molecule has 3 heterocycles. The highest BCUT2D eigenvalue weighted by Crippen LogP contribution is 2.22. The monoisotopic (exact) mass is 431 g/mol. The predicted octanol–water partition coefficient (Wildman–Crippen LogP) is 0.873. The van der Waals surface area contributed by atoms with E-state index in [1.54, 1.807) is 23.1 Å². The third kappa shape index (κ3) is 4.31. The second-order valence-electron chi connectivity index (χ2n) is 7.17. The van der Waals surface area contributed by atoms with E-state index in [1.165, 1.54) is 9.80 Å². The number of rotatable bonds is 2. The predicted molar refractivity (Wildman–Crippen MR) is 109 cm³/mol. The van der Waals surface area contributed by atoms with E-state index in [2.05, 4.69) is 10.2 Å². The number of hydrogen-bond donors (Lipinski definition) is 1. The van der Waals surface area contributed by atoms with Crippen LogP contribution in [0.15, 0.2) is 30.3 Å². The highest BCUT2D eigenvalue weighted by Gasteiger charge is 2.32. The van der Waals surface area contributed by atoms with Crippen LogP contribution in [0.2, 0.25) is 5.02 Å². The van der Waals surface area contributed by atoms with Crippen molar-refractivity contribution in [1.82, 2.24) is 24.9 Å². The number of ether oxygens (including phenoxy) is 1. The number of hydrogen-bond acceptors (Lipinski definition) is 5. The number of morpholine rings is 1. The van der Waals surface area contributed by atoms with E-state index >= 15 is 0 Å². The molecule has 0 bridgehead atoms. The fourth-order valence-corrected chi connectivity index (χ4v) is 3.74. The largest absolute Gasteiger partial charge is 0.378 e. The van der Waals surface area contributed by atoms with Crippen LogP contribution in [0, 0.1) is 0 Å². The second kappa shape index (κ2) is 8.85. The van der Waals surface area contributed by atoms with Crippen LogP contribution in [-0.4, -0.2) is 95.1 Å². The summed E-state index contributed by atoms with van der Waals surface area (Å²) in [6.07, 6.45) is 0. The lowest BCUT2D eigenvalue weighted by Gasteiger charge is -2.35. The number of aromatic nitrogens is 2. The standard InChI is InChI=1S/C20H22ClN5O4/c21-15-3-1-2-14(12-15)16-13-17(23-22-16)18(27)24-4-6-25(7-5-24)19(28)20(29)26-8-10-30-11-9-26/h1-3,12-13H,4-11H2,(H,22,23). The van der Waals surface area contributed by atoms with Gasteiger partial charge in [0.15, 0.2) is 0 Å². The highest BCUT2D eigenvalue weighted by atomic mass is 35.5. The maximum absolute atomic E-state index is 12.8. The summed E-state index contributed by atoms with van der Waals surface area (Å²) in [4.78, 5) is 42.3. The van der Waals surface area contributed by atoms with E-state index in [1.807, 2.05) is 12.1 Å². The van der Waals surface area contributed by atoms with Crippen molar-refractivity contribution < 1.29 is 19.1 Å². The summed E-state index contributed by atoms with van der Waals surface area (Å²) >= 11 is 6.02. The van der Waals surface area contributed by atoms with Crippen LogP contribution >= 0.6 is 11.6 Å². The Morgan fingerprint density at radius 1 is 0.900 bits per heavy atom. The average Bonchev–Trinajstić information content (AvgIpc) is 3.29. The molecule has 2 aliphatic heterocycles. The van der Waals surface area contributed by atoms with Crippen LogP contribution in [0.3, 0.4) is 0 Å². The average molecular weight is 432 g/mol. The molecule has 2 fully saturated rings. The molecule has 2 saturated heterocycles. The SMILES string of the molecule is O=C(C(=O)N1CCN(C(=O)c2cc(-c3cccc(Cl)c3)n[nH]2)CC1)N1CCOCC1. The number of amides is 3. The molecule has 30 heavy (non-hydrogen) atoms. The van der Waals surface area contributed by atoms with Gasteiger partial charge in [0.2, 0.25) is 0 Å². The first-order chi connectivity index (χ1) is 14.5. The molecular weight excluding hydrogens is 410 g/mol. The second-order valence-corrected chi connectivity index (χ2v) is 7.60. The topological polar surface area (TPSA) is 98.8 Å². The Balaban J connectivity index is 1.34. The fourth-order valence-electron chi connectivity index (χ4n) is 3.55. The normalized spacial score (nSPS) is 17.2. The smallest absolute Gasteiger partial charge is 0.312 e. The zero-order chi connectivity index (χ0) is 21.1. The van der Waals surface area contributed by atoms with E-state index < -0.39 is 11.8 Å². The molecule has 158 valence electrons. The summed E-state index contributed by atoms with van der Waals surface area (Å²) in [5.41, 5.74) is 1.81. The molecule has 0 radical (unpaired) electrons. The molecule has 1 aromatic carbocycles. The van der Waals surface area contributed by atoms with Gasteiger partial charge in [-0.2, -0.15) is 5.10 Å². The van der Waals surface area contributed by atoms with Crippen molar-refractivity contribution >= 4 is 29.3 Å². The van der Waals surface area contributed by atoms with Crippen LogP contribution < -0.4 is 0 Å². The summed E-state index contributed by atoms with van der Waals surface area (Å²) < 4.78 is 5.22. The van der Waals surface area contributed by atoms with E-state index in [-0.39, 0.29) is 5.91 Å². The van der Waals surface area contributed by atoms with Crippen molar-refractivity contribution in [3.05, 3.63) is 41.0 Å². The van der Waals surface area contributed by atoms with Crippen molar-refractivity contribution in [1.29, 1.82) is 0 Å². The van der Waals surface area contributed by atoms with Gasteiger partial charge in [0.05, 0.1) is 18.9 Å². The summed E-state index contributed by atoms with van der Waals surface area (Å²) in [5, 5.41) is 7.58. The summed E-state index contributed by atoms with van der Waals surface area (Å²) in [7, 11) is 0. The molecule has 0 aliphatic carbocycles. The molecule has 0 atom stereocenters. The summed E-state index contributed by atoms with van der Waals surface area (Å²) in [6.45, 7) is 3.09. The molecule has 1 aromatic heterocycles. The zero-order valence-corrected chi connectivity index (χ0v) is 17.1. The number of carbonyl (C=O) groups excluding carboxylic acids is 3. The summed E-state index contributed by atoms with van der Waals surface area (Å²) in [5.74, 6) is -1.21. The van der Waals surface area contributed by atoms with Gasteiger partial charge in [-0.15, -0.1) is 0 Å². The van der Waals surface area contributed by atoms with Gasteiger partial charge < -0.3 is 19.4 Å². The number of nitrogens with zero attached hydrogens (tertiary/aromatic N) is 4. The third-order valence-corrected chi connectivity index (χ3v) is 5.50. The van der Waals surface area contributed by atoms with E-state index in [9.17, 15) is 14.4 Å². The number of piperazine rings is 1. The molecule has 0 spiro atoms. The Labute approximate surface area is 178 Å². The first-order valence-corrected chi connectivity index (χ1v) is 10.2. The van der Waals surface area contributed by atoms with Crippen molar-refractivity contribution in [3.63, 3.8) is 0 Å². The van der Waals surface area contributed by atoms with E-state index in [0.29, 0.717) is 68.9 Å². The van der Waals surface area contributed by atoms with Gasteiger partial charge in [0, 0.05) is 49.9 Å². The molecule has 1 N–H and O–H groups in total. The van der Waals surface area contributed by atoms with Gasteiger partial charge >= 0.3 is 11.8 Å². The number of H-pyrrole nitrogens is 1. The van der Waals surface area contributed by atoms with Gasteiger partial charge in [-0.3, -0.25) is 19.5 Å². The molecule has 3 amide bonds. The highest BCUT2D eigenvalue weighted by molar-refractivity contribution is 6.35. The van der Waals surface area contributed by atoms with Crippen molar-refractivity contribution in [2.24, 2.45) is 0 Å². The molecule has 9 nitrogen and oxygen atoms in total. The molecule has 10 heteroatoms. The third-order valence-electron chi connectivity index (χ3n) is 5.26. The van der Waals surface area contributed by atoms with Crippen LogP contribution in [0.5, 0.6) is 0 Å². The minimum Gasteiger partial charge on any atom is -0.378 e. The van der Waals surface area contributed by atoms with E-state index in [4.69, 9.17) is 16.3 Å².